The van der Waals surface area contributed by atoms with Crippen molar-refractivity contribution in [3.8, 4) is 11.5 Å². The van der Waals surface area contributed by atoms with Crippen LogP contribution in [0.3, 0.4) is 0 Å². The van der Waals surface area contributed by atoms with Crippen molar-refractivity contribution in [2.24, 2.45) is 5.92 Å². The van der Waals surface area contributed by atoms with E-state index in [2.05, 4.69) is 67.0 Å². The molecule has 2 aromatic carbocycles. The van der Waals surface area contributed by atoms with Crippen LogP contribution in [-0.2, 0) is 70.4 Å². The van der Waals surface area contributed by atoms with Gasteiger partial charge >= 0.3 is 5.97 Å². The Morgan fingerprint density at radius 2 is 1.23 bits per heavy atom. The van der Waals surface area contributed by atoms with E-state index in [1.165, 1.54) is 60.4 Å². The van der Waals surface area contributed by atoms with Crippen molar-refractivity contribution in [1.29, 1.82) is 0 Å². The maximum atomic E-state index is 14.5. The number of nitrogens with zero attached hydrogens (tertiary/aromatic N) is 2. The molecule has 0 saturated carbocycles. The third kappa shape index (κ3) is 28.4. The molecule has 87 heavy (non-hydrogen) atoms. The van der Waals surface area contributed by atoms with Crippen LogP contribution in [0.5, 0.6) is 11.5 Å². The quantitative estimate of drug-likeness (QED) is 0.0435. The van der Waals surface area contributed by atoms with Crippen molar-refractivity contribution in [2.45, 2.75) is 121 Å². The van der Waals surface area contributed by atoms with Crippen molar-refractivity contribution < 1.29 is 158 Å². The molecule has 2 aliphatic heterocycles. The number of likely N-dealkylation sites (tertiary alicyclic amines) is 1. The minimum absolute atomic E-state index is 0. The third-order valence-corrected chi connectivity index (χ3v) is 15.8. The summed E-state index contributed by atoms with van der Waals surface area (Å²) in [7, 11) is 2.16. The van der Waals surface area contributed by atoms with Gasteiger partial charge in [-0.3, -0.25) is 52.8 Å². The number of carboxylic acid groups (broad SMARTS) is 1. The van der Waals surface area contributed by atoms with E-state index < -0.39 is 138 Å². The molecule has 0 spiro atoms. The molecule has 11 amide bonds. The largest absolute Gasteiger partial charge is 0.508 e. The summed E-state index contributed by atoms with van der Waals surface area (Å²) in [5.41, 5.74) is 0.776. The van der Waals surface area contributed by atoms with Gasteiger partial charge in [-0.2, -0.15) is 0 Å². The van der Waals surface area contributed by atoms with Crippen LogP contribution in [-0.4, -0.2) is 213 Å². The van der Waals surface area contributed by atoms with Gasteiger partial charge in [0.2, 0.25) is 53.2 Å². The summed E-state index contributed by atoms with van der Waals surface area (Å²) in [6, 6.07) is -0.0433. The first-order valence-corrected chi connectivity index (χ1v) is 30.0. The minimum Gasteiger partial charge on any atom is -0.508 e. The molecule has 2 aliphatic rings. The van der Waals surface area contributed by atoms with Crippen LogP contribution in [0.15, 0.2) is 48.5 Å². The summed E-state index contributed by atoms with van der Waals surface area (Å²) in [6.07, 6.45) is -2.45. The fourth-order valence-corrected chi connectivity index (χ4v) is 11.4. The number of aliphatic hydroxyl groups is 1. The number of amides is 11. The van der Waals surface area contributed by atoms with Crippen LogP contribution in [0, 0.1) is 99.6 Å². The van der Waals surface area contributed by atoms with E-state index in [9.17, 15) is 78.0 Å². The third-order valence-electron chi connectivity index (χ3n) is 13.2. The van der Waals surface area contributed by atoms with Gasteiger partial charge in [0.05, 0.1) is 37.4 Å². The number of phenols is 2. The Balaban J connectivity index is 0.0000129. The predicted octanol–water partition coefficient (Wildman–Crippen LogP) is -3.10. The summed E-state index contributed by atoms with van der Waals surface area (Å²) in [5.74, 6) is -11.0. The molecule has 2 saturated heterocycles. The molecular weight excluding hydrogens is 1460 g/mol. The van der Waals surface area contributed by atoms with E-state index in [1.54, 1.807) is 11.8 Å². The second-order valence-corrected chi connectivity index (χ2v) is 23.5. The predicted molar refractivity (Wildman–Crippen MR) is 312 cm³/mol. The molecule has 14 N–H and O–H groups in total. The molecule has 0 radical (unpaired) electrons. The Labute approximate surface area is 576 Å². The summed E-state index contributed by atoms with van der Waals surface area (Å²) < 4.78 is 0. The SMILES string of the molecule is [CH2-]C(=O)NCCN(CCNC([CH2-])=O)CC(=O)N[C@@H](CC(C)C)C(=O)N1CCC[C@H]1C(=O)N[C@H]1CSSC[C@@H](C)NC(=O)[C@H](C(C)O)NC(=O)CNC(=O)[C@H](Cc2ccc(O)cc2)NC(=O)[C@H](Cc2ccc(O)cc2)NC(=O)[C@H](CC(=O)O)NC1=O.[Gd].[Gd]. The average Bonchev–Trinajstić information content (AvgIpc) is 2.39. The number of aliphatic hydroxyl groups excluding tert-OH is 1. The summed E-state index contributed by atoms with van der Waals surface area (Å²) >= 11 is 0. The normalized spacial score (nSPS) is 21.7. The molecular formula is C55H78Gd2N12O16S2-2. The molecule has 484 valence electrons. The molecule has 2 aromatic rings. The van der Waals surface area contributed by atoms with Crippen molar-refractivity contribution >= 4 is 92.5 Å². The van der Waals surface area contributed by atoms with Gasteiger partial charge in [-0.25, -0.2) is 0 Å². The molecule has 1 unspecified atom stereocenters. The van der Waals surface area contributed by atoms with E-state index in [0.717, 1.165) is 21.6 Å². The van der Waals surface area contributed by atoms with Crippen LogP contribution in [0.25, 0.3) is 0 Å². The van der Waals surface area contributed by atoms with E-state index in [4.69, 9.17) is 0 Å². The van der Waals surface area contributed by atoms with Crippen LogP contribution in [0.1, 0.15) is 64.5 Å². The molecule has 4 rings (SSSR count). The summed E-state index contributed by atoms with van der Waals surface area (Å²) in [6.45, 7) is 12.8. The maximum Gasteiger partial charge on any atom is 0.305 e. The van der Waals surface area contributed by atoms with Crippen LogP contribution >= 0.6 is 21.6 Å². The number of aromatic hydroxyl groups is 2. The van der Waals surface area contributed by atoms with Gasteiger partial charge in [0.15, 0.2) is 0 Å². The van der Waals surface area contributed by atoms with E-state index >= 15 is 0 Å². The number of carbonyl (C=O) groups excluding carboxylic acids is 11. The first kappa shape index (κ1) is 77.8. The zero-order valence-electron chi connectivity index (χ0n) is 48.5. The van der Waals surface area contributed by atoms with E-state index in [-0.39, 0.29) is 174 Å². The topological polar surface area (TPSA) is 413 Å². The van der Waals surface area contributed by atoms with Crippen LogP contribution in [0.4, 0.5) is 0 Å². The Morgan fingerprint density at radius 3 is 1.75 bits per heavy atom. The van der Waals surface area contributed by atoms with Crippen LogP contribution in [0.2, 0.25) is 0 Å². The van der Waals surface area contributed by atoms with Gasteiger partial charge in [-0.05, 0) is 74.4 Å². The number of phenolic OH excluding ortho intramolecular Hbond substituents is 2. The maximum absolute atomic E-state index is 14.5. The zero-order chi connectivity index (χ0) is 62.9. The van der Waals surface area contributed by atoms with E-state index in [0.29, 0.717) is 17.5 Å². The Kier molecular flexibility index (Phi) is 35.4. The van der Waals surface area contributed by atoms with Gasteiger partial charge in [0.1, 0.15) is 53.8 Å². The van der Waals surface area contributed by atoms with Gasteiger partial charge in [0.25, 0.3) is 0 Å². The molecule has 28 nitrogen and oxygen atoms in total. The van der Waals surface area contributed by atoms with Crippen molar-refractivity contribution in [1.82, 2.24) is 63.0 Å². The zero-order valence-corrected chi connectivity index (χ0v) is 54.7. The number of aliphatic carboxylic acids is 1. The molecule has 2 fully saturated rings. The smallest absolute Gasteiger partial charge is 0.305 e. The van der Waals surface area contributed by atoms with Gasteiger partial charge < -0.3 is 102 Å². The number of hydrogen-bond acceptors (Lipinski definition) is 18. The Morgan fingerprint density at radius 1 is 0.713 bits per heavy atom. The second-order valence-electron chi connectivity index (χ2n) is 21.0. The van der Waals surface area contributed by atoms with Crippen molar-refractivity contribution in [3.05, 3.63) is 73.5 Å². The molecule has 0 aromatic heterocycles. The van der Waals surface area contributed by atoms with Gasteiger partial charge in [-0.15, -0.1) is 0 Å². The number of rotatable bonds is 21. The molecule has 0 bridgehead atoms. The first-order valence-electron chi connectivity index (χ1n) is 27.5. The number of hydrogen-bond donors (Lipinski definition) is 14. The fourth-order valence-electron chi connectivity index (χ4n) is 8.98. The van der Waals surface area contributed by atoms with Crippen LogP contribution < -0.4 is 53.2 Å². The standard InChI is InChI=1S/C55H78N12O16S2.2Gd/c1-30(2)22-42(60-46(74)27-66(20-17-56-33(5)69)21-18-57-34(6)70)55(83)67-19-7-8-44(67)53(81)64-43-29-85-84-28-31(3)59-54(82)48(32(4)68)65-45(73)26-58-49(77)39(23-35-9-13-37(71)14-10-35)61-50(78)40(24-36-11-15-38(72)16-12-36)62-51(79)41(25-47(75)76)63-52(43)80;;/h9-16,30-32,39-44,48,68,71-72H,5-8,17-29H2,1-4H3,(H,56,69)(H,57,70)(H,58,77)(H,59,82)(H,60,74)(H,61,78)(H,62,79)(H,63,80)(H,64,81)(H,65,73)(H,75,76);;/q-2;;/t31-,32?,39+,40+,41+,42+,43+,44+,48+;;/m1../s1. The Bertz CT molecular complexity index is 2660. The van der Waals surface area contributed by atoms with Crippen molar-refractivity contribution in [3.63, 3.8) is 0 Å². The van der Waals surface area contributed by atoms with E-state index in [1.807, 2.05) is 13.8 Å². The number of nitrogens with one attached hydrogen (secondary N) is 10. The average molecular weight is 1540 g/mol. The minimum atomic E-state index is -1.92. The summed E-state index contributed by atoms with van der Waals surface area (Å²) in [4.78, 5) is 165. The van der Waals surface area contributed by atoms with Crippen molar-refractivity contribution in [2.75, 3.05) is 57.3 Å². The molecule has 0 aliphatic carbocycles. The first-order chi connectivity index (χ1) is 40.2. The van der Waals surface area contributed by atoms with Gasteiger partial charge in [-0.1, -0.05) is 59.7 Å². The molecule has 32 heteroatoms. The second kappa shape index (κ2) is 39.6. The summed E-state index contributed by atoms with van der Waals surface area (Å²) in [5, 5.41) is 66.1. The monoisotopic (exact) mass is 1540 g/mol. The molecule has 9 atom stereocenters. The number of carboxylic acids is 1. The fraction of sp³-hybridized carbons (Fsp3) is 0.527. The van der Waals surface area contributed by atoms with Gasteiger partial charge in [0, 0.05) is 143 Å². The number of benzene rings is 2. The Hall–Kier alpha value is -5.31. The number of carbonyl (C=O) groups is 12. The molecule has 2 heterocycles.